The normalized spacial score (nSPS) is 17.1. The first-order chi connectivity index (χ1) is 10.5. The van der Waals surface area contributed by atoms with Crippen molar-refractivity contribution in [3.05, 3.63) is 28.3 Å². The van der Waals surface area contributed by atoms with E-state index in [-0.39, 0.29) is 11.4 Å². The van der Waals surface area contributed by atoms with Crippen molar-refractivity contribution in [2.75, 3.05) is 27.4 Å². The third-order valence-electron chi connectivity index (χ3n) is 4.57. The van der Waals surface area contributed by atoms with Crippen molar-refractivity contribution in [1.82, 2.24) is 14.7 Å². The number of carbonyl (C=O) groups is 1. The molecule has 1 heterocycles. The summed E-state index contributed by atoms with van der Waals surface area (Å²) in [5, 5.41) is 10.6. The molecule has 1 aliphatic rings. The van der Waals surface area contributed by atoms with Crippen LogP contribution in [0.4, 0.5) is 4.79 Å². The maximum Gasteiger partial charge on any atom is 0.321 e. The van der Waals surface area contributed by atoms with Gasteiger partial charge in [-0.15, -0.1) is 0 Å². The number of nitrogens with zero attached hydrogens (tertiary/aromatic N) is 3. The average Bonchev–Trinajstić information content (AvgIpc) is 2.43. The lowest BCUT2D eigenvalue weighted by atomic mass is 9.82. The molecule has 0 aromatic heterocycles. The van der Waals surface area contributed by atoms with Crippen LogP contribution in [-0.2, 0) is 12.0 Å². The van der Waals surface area contributed by atoms with Gasteiger partial charge in [0.1, 0.15) is 5.75 Å². The van der Waals surface area contributed by atoms with Gasteiger partial charge in [0.2, 0.25) is 0 Å². The van der Waals surface area contributed by atoms with E-state index in [4.69, 9.17) is 0 Å². The molecule has 1 aromatic rings. The fraction of sp³-hybridized carbons (Fsp3) is 0.611. The van der Waals surface area contributed by atoms with E-state index in [1.54, 1.807) is 9.80 Å². The number of aryl methyl sites for hydroxylation is 1. The van der Waals surface area contributed by atoms with E-state index < -0.39 is 0 Å². The number of carbonyl (C=O) groups excluding carboxylic acids is 1. The first kappa shape index (κ1) is 17.6. The number of phenols is 1. The van der Waals surface area contributed by atoms with E-state index in [0.717, 1.165) is 23.2 Å². The first-order valence-electron chi connectivity index (χ1n) is 8.03. The molecule has 1 fully saturated rings. The molecule has 0 aliphatic carbocycles. The smallest absolute Gasteiger partial charge is 0.321 e. The third-order valence-corrected chi connectivity index (χ3v) is 4.57. The molecule has 0 atom stereocenters. The molecule has 2 rings (SSSR count). The monoisotopic (exact) mass is 319 g/mol. The van der Waals surface area contributed by atoms with Crippen molar-refractivity contribution < 1.29 is 9.90 Å². The summed E-state index contributed by atoms with van der Waals surface area (Å²) in [6.07, 6.45) is 0. The minimum absolute atomic E-state index is 0.0422. The number of hydrogen-bond acceptors (Lipinski definition) is 3. The minimum atomic E-state index is -0.0872. The van der Waals surface area contributed by atoms with Gasteiger partial charge in [0.05, 0.1) is 13.3 Å². The number of phenolic OH excluding ortho intramolecular Hbond substituents is 1. The van der Waals surface area contributed by atoms with Gasteiger partial charge in [0, 0.05) is 20.6 Å². The zero-order valence-corrected chi connectivity index (χ0v) is 15.4. The molecule has 0 radical (unpaired) electrons. The molecule has 1 N–H and O–H groups in total. The van der Waals surface area contributed by atoms with Crippen molar-refractivity contribution in [3.63, 3.8) is 0 Å². The van der Waals surface area contributed by atoms with Crippen molar-refractivity contribution in [2.45, 2.75) is 46.6 Å². The maximum atomic E-state index is 11.9. The highest BCUT2D eigenvalue weighted by Crippen LogP contribution is 2.36. The zero-order chi connectivity index (χ0) is 17.5. The summed E-state index contributed by atoms with van der Waals surface area (Å²) >= 11 is 0. The van der Waals surface area contributed by atoms with Gasteiger partial charge >= 0.3 is 6.03 Å². The van der Waals surface area contributed by atoms with E-state index in [0.29, 0.717) is 19.1 Å². The van der Waals surface area contributed by atoms with Crippen LogP contribution < -0.4 is 0 Å². The molecular weight excluding hydrogens is 290 g/mol. The fourth-order valence-corrected chi connectivity index (χ4v) is 3.21. The summed E-state index contributed by atoms with van der Waals surface area (Å²) in [5.74, 6) is 0.396. The van der Waals surface area contributed by atoms with Crippen LogP contribution in [0.2, 0.25) is 0 Å². The third kappa shape index (κ3) is 3.44. The molecule has 0 bridgehead atoms. The Morgan fingerprint density at radius 1 is 1.13 bits per heavy atom. The van der Waals surface area contributed by atoms with Gasteiger partial charge in [0.15, 0.2) is 0 Å². The van der Waals surface area contributed by atoms with Gasteiger partial charge in [-0.2, -0.15) is 0 Å². The Bertz CT molecular complexity index is 606. The number of rotatable bonds is 2. The van der Waals surface area contributed by atoms with E-state index in [1.807, 2.05) is 21.0 Å². The molecule has 0 spiro atoms. The Balaban J connectivity index is 2.31. The van der Waals surface area contributed by atoms with Crippen LogP contribution in [0.25, 0.3) is 0 Å². The Morgan fingerprint density at radius 2 is 1.65 bits per heavy atom. The van der Waals surface area contributed by atoms with Crippen LogP contribution in [0.5, 0.6) is 5.75 Å². The van der Waals surface area contributed by atoms with Gasteiger partial charge in [0.25, 0.3) is 0 Å². The van der Waals surface area contributed by atoms with E-state index >= 15 is 0 Å². The highest BCUT2D eigenvalue weighted by molar-refractivity contribution is 5.74. The molecule has 23 heavy (non-hydrogen) atoms. The summed E-state index contributed by atoms with van der Waals surface area (Å²) in [4.78, 5) is 17.5. The summed E-state index contributed by atoms with van der Waals surface area (Å²) in [5.41, 5.74) is 4.17. The van der Waals surface area contributed by atoms with Gasteiger partial charge < -0.3 is 14.9 Å². The molecule has 0 saturated carbocycles. The van der Waals surface area contributed by atoms with E-state index in [2.05, 4.69) is 38.7 Å². The number of aromatic hydroxyl groups is 1. The molecule has 2 amide bonds. The second kappa shape index (κ2) is 6.04. The Morgan fingerprint density at radius 3 is 2.13 bits per heavy atom. The molecule has 5 nitrogen and oxygen atoms in total. The molecule has 128 valence electrons. The molecular formula is C18H29N3O2. The van der Waals surface area contributed by atoms with Crippen LogP contribution >= 0.6 is 0 Å². The molecule has 1 aromatic carbocycles. The van der Waals surface area contributed by atoms with Crippen LogP contribution in [0, 0.1) is 13.8 Å². The van der Waals surface area contributed by atoms with Crippen molar-refractivity contribution >= 4 is 6.03 Å². The van der Waals surface area contributed by atoms with Gasteiger partial charge in [-0.05, 0) is 41.5 Å². The second-order valence-corrected chi connectivity index (χ2v) is 7.73. The number of urea groups is 1. The van der Waals surface area contributed by atoms with E-state index in [9.17, 15) is 9.90 Å². The van der Waals surface area contributed by atoms with E-state index in [1.165, 1.54) is 5.56 Å². The summed E-state index contributed by atoms with van der Waals surface area (Å²) < 4.78 is 0. The SMILES string of the molecule is Cc1cc(C(C)(C)C)c(O)c(C)c1CN1CN(C)C(=O)N(C)C1. The summed E-state index contributed by atoms with van der Waals surface area (Å²) in [7, 11) is 3.62. The number of benzene rings is 1. The lowest BCUT2D eigenvalue weighted by molar-refractivity contribution is 0.0504. The highest BCUT2D eigenvalue weighted by Gasteiger charge is 2.27. The fourth-order valence-electron chi connectivity index (χ4n) is 3.21. The Kier molecular flexibility index (Phi) is 4.62. The Labute approximate surface area is 139 Å². The highest BCUT2D eigenvalue weighted by atomic mass is 16.3. The number of hydrogen-bond donors (Lipinski definition) is 1. The summed E-state index contributed by atoms with van der Waals surface area (Å²) in [6, 6.07) is 2.14. The maximum absolute atomic E-state index is 11.9. The van der Waals surface area contributed by atoms with Crippen molar-refractivity contribution in [1.29, 1.82) is 0 Å². The molecule has 1 aliphatic heterocycles. The average molecular weight is 319 g/mol. The molecule has 0 unspecified atom stereocenters. The van der Waals surface area contributed by atoms with Crippen molar-refractivity contribution in [3.8, 4) is 5.75 Å². The second-order valence-electron chi connectivity index (χ2n) is 7.73. The lowest BCUT2D eigenvalue weighted by Crippen LogP contribution is -2.54. The molecule has 5 heteroatoms. The number of amides is 2. The van der Waals surface area contributed by atoms with Crippen LogP contribution in [-0.4, -0.2) is 53.3 Å². The first-order valence-corrected chi connectivity index (χ1v) is 8.03. The predicted molar refractivity (Wildman–Crippen MR) is 92.5 cm³/mol. The van der Waals surface area contributed by atoms with Crippen LogP contribution in [0.1, 0.15) is 43.0 Å². The quantitative estimate of drug-likeness (QED) is 0.911. The molecule has 1 saturated heterocycles. The van der Waals surface area contributed by atoms with Crippen LogP contribution in [0.3, 0.4) is 0 Å². The predicted octanol–water partition coefficient (Wildman–Crippen LogP) is 3.02. The Hall–Kier alpha value is -1.75. The van der Waals surface area contributed by atoms with Gasteiger partial charge in [-0.25, -0.2) is 4.79 Å². The van der Waals surface area contributed by atoms with Crippen LogP contribution in [0.15, 0.2) is 6.07 Å². The van der Waals surface area contributed by atoms with Crippen molar-refractivity contribution in [2.24, 2.45) is 0 Å². The van der Waals surface area contributed by atoms with Gasteiger partial charge in [-0.1, -0.05) is 26.8 Å². The minimum Gasteiger partial charge on any atom is -0.507 e. The zero-order valence-electron chi connectivity index (χ0n) is 15.4. The largest absolute Gasteiger partial charge is 0.507 e. The topological polar surface area (TPSA) is 47.0 Å². The standard InChI is InChI=1S/C18H29N3O2/c1-12-8-15(18(3,4)5)16(22)13(2)14(12)9-21-10-19(6)17(23)20(7)11-21/h8,22H,9-11H2,1-7H3. The van der Waals surface area contributed by atoms with Gasteiger partial charge in [-0.3, -0.25) is 4.90 Å². The lowest BCUT2D eigenvalue weighted by Gasteiger charge is -2.39. The summed E-state index contributed by atoms with van der Waals surface area (Å²) in [6.45, 7) is 12.3.